The predicted molar refractivity (Wildman–Crippen MR) is 45.7 cm³/mol. The van der Waals surface area contributed by atoms with Crippen LogP contribution in [0, 0.1) is 0 Å². The van der Waals surface area contributed by atoms with Crippen LogP contribution in [0.15, 0.2) is 0 Å². The van der Waals surface area contributed by atoms with Gasteiger partial charge in [0, 0.05) is 20.3 Å². The van der Waals surface area contributed by atoms with Gasteiger partial charge in [-0.05, 0) is 26.8 Å². The van der Waals surface area contributed by atoms with Crippen LogP contribution >= 0.6 is 0 Å². The minimum atomic E-state index is -0.604. The first kappa shape index (κ1) is 10.9. The van der Waals surface area contributed by atoms with E-state index in [1.165, 1.54) is 0 Å². The summed E-state index contributed by atoms with van der Waals surface area (Å²) in [6.07, 6.45) is 0.993. The van der Waals surface area contributed by atoms with Gasteiger partial charge in [-0.2, -0.15) is 0 Å². The Morgan fingerprint density at radius 3 is 2.55 bits per heavy atom. The molecule has 0 aromatic carbocycles. The van der Waals surface area contributed by atoms with Crippen molar-refractivity contribution in [3.05, 3.63) is 0 Å². The Bertz CT molecular complexity index is 88.6. The maximum absolute atomic E-state index is 9.28. The van der Waals surface area contributed by atoms with Gasteiger partial charge in [-0.15, -0.1) is 0 Å². The highest BCUT2D eigenvalue weighted by atomic mass is 16.5. The molecule has 0 aromatic rings. The van der Waals surface area contributed by atoms with Crippen LogP contribution in [-0.4, -0.2) is 37.5 Å². The number of hydrogen-bond acceptors (Lipinski definition) is 3. The minimum absolute atomic E-state index is 0.604. The fourth-order valence-electron chi connectivity index (χ4n) is 0.736. The number of rotatable bonds is 6. The SMILES string of the molecule is COCCCNCC(C)(C)O. The Morgan fingerprint density at radius 2 is 2.09 bits per heavy atom. The van der Waals surface area contributed by atoms with Crippen molar-refractivity contribution < 1.29 is 9.84 Å². The lowest BCUT2D eigenvalue weighted by Gasteiger charge is -2.17. The van der Waals surface area contributed by atoms with E-state index in [4.69, 9.17) is 4.74 Å². The summed E-state index contributed by atoms with van der Waals surface area (Å²) in [6, 6.07) is 0. The van der Waals surface area contributed by atoms with Crippen LogP contribution in [0.2, 0.25) is 0 Å². The van der Waals surface area contributed by atoms with Crippen LogP contribution in [0.5, 0.6) is 0 Å². The molecule has 0 unspecified atom stereocenters. The number of methoxy groups -OCH3 is 1. The second kappa shape index (κ2) is 5.52. The van der Waals surface area contributed by atoms with Gasteiger partial charge < -0.3 is 15.2 Å². The van der Waals surface area contributed by atoms with Crippen molar-refractivity contribution in [2.45, 2.75) is 25.9 Å². The summed E-state index contributed by atoms with van der Waals surface area (Å²) in [6.45, 7) is 5.89. The molecular formula is C8H19NO2. The van der Waals surface area contributed by atoms with E-state index in [0.717, 1.165) is 19.6 Å². The largest absolute Gasteiger partial charge is 0.389 e. The molecule has 0 aliphatic heterocycles. The van der Waals surface area contributed by atoms with Crippen molar-refractivity contribution in [2.24, 2.45) is 0 Å². The molecule has 0 aromatic heterocycles. The molecule has 0 aliphatic carbocycles. The van der Waals surface area contributed by atoms with Gasteiger partial charge in [0.05, 0.1) is 5.60 Å². The number of nitrogens with one attached hydrogen (secondary N) is 1. The normalized spacial score (nSPS) is 12.0. The zero-order valence-electron chi connectivity index (χ0n) is 7.68. The molecule has 0 fully saturated rings. The van der Waals surface area contributed by atoms with E-state index in [1.54, 1.807) is 21.0 Å². The molecule has 68 valence electrons. The summed E-state index contributed by atoms with van der Waals surface area (Å²) in [5.74, 6) is 0. The maximum atomic E-state index is 9.28. The zero-order chi connectivity index (χ0) is 8.74. The van der Waals surface area contributed by atoms with E-state index < -0.39 is 5.60 Å². The standard InChI is InChI=1S/C8H19NO2/c1-8(2,10)7-9-5-4-6-11-3/h9-10H,4-7H2,1-3H3. The molecule has 3 nitrogen and oxygen atoms in total. The second-order valence-electron chi connectivity index (χ2n) is 3.34. The average molecular weight is 161 g/mol. The lowest BCUT2D eigenvalue weighted by molar-refractivity contribution is 0.0790. The summed E-state index contributed by atoms with van der Waals surface area (Å²) < 4.78 is 4.87. The molecule has 0 heterocycles. The molecule has 11 heavy (non-hydrogen) atoms. The van der Waals surface area contributed by atoms with Gasteiger partial charge in [-0.25, -0.2) is 0 Å². The summed E-state index contributed by atoms with van der Waals surface area (Å²) in [4.78, 5) is 0. The number of ether oxygens (including phenoxy) is 1. The third-order valence-electron chi connectivity index (χ3n) is 1.26. The van der Waals surface area contributed by atoms with E-state index in [0.29, 0.717) is 6.54 Å². The fraction of sp³-hybridized carbons (Fsp3) is 1.00. The van der Waals surface area contributed by atoms with Gasteiger partial charge in [0.1, 0.15) is 0 Å². The Hall–Kier alpha value is -0.120. The highest BCUT2D eigenvalue weighted by Gasteiger charge is 2.10. The van der Waals surface area contributed by atoms with Gasteiger partial charge in [-0.3, -0.25) is 0 Å². The van der Waals surface area contributed by atoms with Gasteiger partial charge >= 0.3 is 0 Å². The quantitative estimate of drug-likeness (QED) is 0.553. The molecule has 0 rings (SSSR count). The first-order valence-corrected chi connectivity index (χ1v) is 3.98. The number of hydrogen-bond donors (Lipinski definition) is 2. The van der Waals surface area contributed by atoms with Gasteiger partial charge in [0.25, 0.3) is 0 Å². The van der Waals surface area contributed by atoms with Crippen LogP contribution in [0.1, 0.15) is 20.3 Å². The molecule has 0 spiro atoms. The molecule has 0 atom stereocenters. The molecule has 0 bridgehead atoms. The molecule has 0 saturated heterocycles. The predicted octanol–water partition coefficient (Wildman–Crippen LogP) is 0.383. The summed E-state index contributed by atoms with van der Waals surface area (Å²) >= 11 is 0. The Balaban J connectivity index is 3.02. The second-order valence-corrected chi connectivity index (χ2v) is 3.34. The molecule has 0 aliphatic rings. The van der Waals surface area contributed by atoms with E-state index in [2.05, 4.69) is 5.32 Å². The minimum Gasteiger partial charge on any atom is -0.389 e. The van der Waals surface area contributed by atoms with E-state index in [1.807, 2.05) is 0 Å². The molecular weight excluding hydrogens is 142 g/mol. The summed E-state index contributed by atoms with van der Waals surface area (Å²) in [5, 5.41) is 12.4. The Morgan fingerprint density at radius 1 is 1.45 bits per heavy atom. The van der Waals surface area contributed by atoms with E-state index >= 15 is 0 Å². The van der Waals surface area contributed by atoms with Crippen LogP contribution < -0.4 is 5.32 Å². The Labute approximate surface area is 68.8 Å². The van der Waals surface area contributed by atoms with Crippen LogP contribution in [0.25, 0.3) is 0 Å². The third kappa shape index (κ3) is 9.88. The molecule has 3 heteroatoms. The van der Waals surface area contributed by atoms with Crippen molar-refractivity contribution in [1.82, 2.24) is 5.32 Å². The first-order chi connectivity index (χ1) is 5.06. The molecule has 0 radical (unpaired) electrons. The highest BCUT2D eigenvalue weighted by molar-refractivity contribution is 4.67. The van der Waals surface area contributed by atoms with Crippen molar-refractivity contribution in [2.75, 3.05) is 26.8 Å². The van der Waals surface area contributed by atoms with Crippen molar-refractivity contribution in [3.63, 3.8) is 0 Å². The van der Waals surface area contributed by atoms with Crippen molar-refractivity contribution >= 4 is 0 Å². The lowest BCUT2D eigenvalue weighted by Crippen LogP contribution is -2.35. The fourth-order valence-corrected chi connectivity index (χ4v) is 0.736. The van der Waals surface area contributed by atoms with Gasteiger partial charge in [0.2, 0.25) is 0 Å². The molecule has 2 N–H and O–H groups in total. The molecule has 0 amide bonds. The summed E-state index contributed by atoms with van der Waals surface area (Å²) in [5.41, 5.74) is -0.604. The lowest BCUT2D eigenvalue weighted by atomic mass is 10.1. The smallest absolute Gasteiger partial charge is 0.0715 e. The van der Waals surface area contributed by atoms with Gasteiger partial charge in [0.15, 0.2) is 0 Å². The average Bonchev–Trinajstić information content (AvgIpc) is 1.85. The molecule has 0 saturated carbocycles. The van der Waals surface area contributed by atoms with Crippen LogP contribution in [-0.2, 0) is 4.74 Å². The van der Waals surface area contributed by atoms with E-state index in [9.17, 15) is 5.11 Å². The van der Waals surface area contributed by atoms with Crippen molar-refractivity contribution in [1.29, 1.82) is 0 Å². The first-order valence-electron chi connectivity index (χ1n) is 3.98. The number of aliphatic hydroxyl groups is 1. The Kier molecular flexibility index (Phi) is 5.46. The highest BCUT2D eigenvalue weighted by Crippen LogP contribution is 1.96. The zero-order valence-corrected chi connectivity index (χ0v) is 7.68. The monoisotopic (exact) mass is 161 g/mol. The van der Waals surface area contributed by atoms with Crippen LogP contribution in [0.4, 0.5) is 0 Å². The topological polar surface area (TPSA) is 41.5 Å². The van der Waals surface area contributed by atoms with Crippen LogP contribution in [0.3, 0.4) is 0 Å². The van der Waals surface area contributed by atoms with Gasteiger partial charge in [-0.1, -0.05) is 0 Å². The maximum Gasteiger partial charge on any atom is 0.0715 e. The third-order valence-corrected chi connectivity index (χ3v) is 1.26. The summed E-state index contributed by atoms with van der Waals surface area (Å²) in [7, 11) is 1.69. The van der Waals surface area contributed by atoms with E-state index in [-0.39, 0.29) is 0 Å². The van der Waals surface area contributed by atoms with Crippen molar-refractivity contribution in [3.8, 4) is 0 Å².